The maximum atomic E-state index is 12.4. The maximum Gasteiger partial charge on any atom is 0.253 e. The van der Waals surface area contributed by atoms with E-state index in [4.69, 9.17) is 10.6 Å². The number of carbonyl (C=O) groups is 4. The molecule has 2 atom stereocenters. The standard InChI is InChI=1S/C16H24N2O5/c1-6-9(4)12-13(10(19)7-11(17)20)15(21)14(12)18(23-5)16(22)8(2)3/h8-9,13H,6-7H2,1-5H3,(H2,17,20). The summed E-state index contributed by atoms with van der Waals surface area (Å²) < 4.78 is 0. The SMILES string of the molecule is CCC(C)C1=C(N(OC)C(=O)C(C)C)C(=O)C1C(=O)CC(N)=O. The van der Waals surface area contributed by atoms with Crippen molar-refractivity contribution in [2.24, 2.45) is 23.5 Å². The third-order valence-corrected chi connectivity index (χ3v) is 3.97. The number of nitrogens with zero attached hydrogens (tertiary/aromatic N) is 1. The molecule has 0 heterocycles. The van der Waals surface area contributed by atoms with Crippen LogP contribution < -0.4 is 5.73 Å². The number of carbonyl (C=O) groups excluding carboxylic acids is 4. The number of rotatable bonds is 8. The summed E-state index contributed by atoms with van der Waals surface area (Å²) in [6.07, 6.45) is 0.189. The zero-order chi connectivity index (χ0) is 17.9. The first-order valence-electron chi connectivity index (χ1n) is 7.64. The van der Waals surface area contributed by atoms with Crippen LogP contribution in [0.25, 0.3) is 0 Å². The average molecular weight is 324 g/mol. The van der Waals surface area contributed by atoms with Crippen LogP contribution in [0.4, 0.5) is 0 Å². The fourth-order valence-corrected chi connectivity index (χ4v) is 2.55. The minimum absolute atomic E-state index is 0.0952. The molecule has 1 aliphatic carbocycles. The number of ketones is 2. The molecule has 0 saturated carbocycles. The number of primary amides is 1. The van der Waals surface area contributed by atoms with E-state index in [0.29, 0.717) is 12.0 Å². The van der Waals surface area contributed by atoms with Crippen LogP contribution >= 0.6 is 0 Å². The van der Waals surface area contributed by atoms with Crippen molar-refractivity contribution in [1.82, 2.24) is 5.06 Å². The molecule has 0 aliphatic heterocycles. The van der Waals surface area contributed by atoms with E-state index in [2.05, 4.69) is 0 Å². The van der Waals surface area contributed by atoms with E-state index in [1.54, 1.807) is 13.8 Å². The molecular weight excluding hydrogens is 300 g/mol. The van der Waals surface area contributed by atoms with Gasteiger partial charge in [0.1, 0.15) is 11.6 Å². The second-order valence-electron chi connectivity index (χ2n) is 5.99. The Morgan fingerprint density at radius 1 is 1.26 bits per heavy atom. The van der Waals surface area contributed by atoms with Crippen molar-refractivity contribution in [2.75, 3.05) is 7.11 Å². The van der Waals surface area contributed by atoms with Gasteiger partial charge in [-0.1, -0.05) is 27.7 Å². The molecule has 0 fully saturated rings. The van der Waals surface area contributed by atoms with Gasteiger partial charge < -0.3 is 5.73 Å². The molecule has 23 heavy (non-hydrogen) atoms. The Hall–Kier alpha value is -2.02. The predicted octanol–water partition coefficient (Wildman–Crippen LogP) is 0.976. The molecule has 1 aliphatic rings. The van der Waals surface area contributed by atoms with Crippen LogP contribution in [-0.2, 0) is 24.0 Å². The molecule has 2 unspecified atom stereocenters. The number of hydrogen-bond donors (Lipinski definition) is 1. The zero-order valence-corrected chi connectivity index (χ0v) is 14.2. The van der Waals surface area contributed by atoms with Crippen molar-refractivity contribution in [3.05, 3.63) is 11.3 Å². The number of Topliss-reactive ketones (excluding diaryl/α,β-unsaturated/α-hetero) is 2. The number of nitrogens with two attached hydrogens (primary N) is 1. The molecule has 2 N–H and O–H groups in total. The molecule has 7 heteroatoms. The van der Waals surface area contributed by atoms with E-state index >= 15 is 0 Å². The van der Waals surface area contributed by atoms with Gasteiger partial charge in [0.15, 0.2) is 11.6 Å². The number of amides is 2. The maximum absolute atomic E-state index is 12.4. The van der Waals surface area contributed by atoms with Crippen molar-refractivity contribution in [3.8, 4) is 0 Å². The van der Waals surface area contributed by atoms with Gasteiger partial charge in [0.05, 0.1) is 13.5 Å². The normalized spacial score (nSPS) is 18.7. The first kappa shape index (κ1) is 19.0. The molecule has 1 rings (SSSR count). The molecule has 0 spiro atoms. The fourth-order valence-electron chi connectivity index (χ4n) is 2.55. The molecule has 0 bridgehead atoms. The first-order valence-corrected chi connectivity index (χ1v) is 7.64. The smallest absolute Gasteiger partial charge is 0.253 e. The number of hydrogen-bond acceptors (Lipinski definition) is 5. The van der Waals surface area contributed by atoms with E-state index in [1.807, 2.05) is 13.8 Å². The van der Waals surface area contributed by atoms with Gasteiger partial charge in [-0.2, -0.15) is 5.06 Å². The lowest BCUT2D eigenvalue weighted by atomic mass is 9.70. The van der Waals surface area contributed by atoms with Crippen molar-refractivity contribution in [3.63, 3.8) is 0 Å². The minimum Gasteiger partial charge on any atom is -0.369 e. The second-order valence-corrected chi connectivity index (χ2v) is 5.99. The highest BCUT2D eigenvalue weighted by Crippen LogP contribution is 2.41. The summed E-state index contributed by atoms with van der Waals surface area (Å²) in [6, 6.07) is 0. The van der Waals surface area contributed by atoms with E-state index in [1.165, 1.54) is 7.11 Å². The van der Waals surface area contributed by atoms with E-state index in [9.17, 15) is 19.2 Å². The van der Waals surface area contributed by atoms with Crippen LogP contribution in [0.1, 0.15) is 40.5 Å². The van der Waals surface area contributed by atoms with Gasteiger partial charge in [-0.15, -0.1) is 0 Å². The minimum atomic E-state index is -1.01. The fraction of sp³-hybridized carbons (Fsp3) is 0.625. The van der Waals surface area contributed by atoms with Gasteiger partial charge in [0.25, 0.3) is 5.91 Å². The van der Waals surface area contributed by atoms with Crippen molar-refractivity contribution < 1.29 is 24.0 Å². The van der Waals surface area contributed by atoms with Gasteiger partial charge in [0, 0.05) is 5.92 Å². The highest BCUT2D eigenvalue weighted by molar-refractivity contribution is 6.22. The van der Waals surface area contributed by atoms with Crippen LogP contribution in [0.2, 0.25) is 0 Å². The summed E-state index contributed by atoms with van der Waals surface area (Å²) in [7, 11) is 1.30. The topological polar surface area (TPSA) is 107 Å². The largest absolute Gasteiger partial charge is 0.369 e. The second kappa shape index (κ2) is 7.50. The Labute approximate surface area is 135 Å². The number of allylic oxidation sites excluding steroid dienone is 2. The summed E-state index contributed by atoms with van der Waals surface area (Å²) in [6.45, 7) is 7.16. The van der Waals surface area contributed by atoms with Crippen molar-refractivity contribution >= 4 is 23.4 Å². The van der Waals surface area contributed by atoms with E-state index in [0.717, 1.165) is 5.06 Å². The number of hydroxylamine groups is 2. The summed E-state index contributed by atoms with van der Waals surface area (Å²) in [5.74, 6) is -3.64. The predicted molar refractivity (Wildman–Crippen MR) is 82.5 cm³/mol. The van der Waals surface area contributed by atoms with Crippen LogP contribution in [-0.4, -0.2) is 35.6 Å². The Morgan fingerprint density at radius 2 is 1.83 bits per heavy atom. The van der Waals surface area contributed by atoms with Crippen molar-refractivity contribution in [1.29, 1.82) is 0 Å². The lowest BCUT2D eigenvalue weighted by Gasteiger charge is -2.38. The Kier molecular flexibility index (Phi) is 6.20. The molecule has 0 aromatic heterocycles. The average Bonchev–Trinajstić information content (AvgIpc) is 2.47. The van der Waals surface area contributed by atoms with Crippen LogP contribution in [0.3, 0.4) is 0 Å². The van der Waals surface area contributed by atoms with Crippen LogP contribution in [0, 0.1) is 17.8 Å². The van der Waals surface area contributed by atoms with Crippen LogP contribution in [0.15, 0.2) is 11.3 Å². The molecule has 0 saturated heterocycles. The third kappa shape index (κ3) is 3.67. The molecule has 2 amide bonds. The molecule has 128 valence electrons. The highest BCUT2D eigenvalue weighted by atomic mass is 16.7. The van der Waals surface area contributed by atoms with Gasteiger partial charge in [-0.3, -0.25) is 24.0 Å². The molecular formula is C16H24N2O5. The van der Waals surface area contributed by atoms with E-state index < -0.39 is 29.8 Å². The lowest BCUT2D eigenvalue weighted by Crippen LogP contribution is -2.49. The molecule has 0 aromatic rings. The van der Waals surface area contributed by atoms with Crippen molar-refractivity contribution in [2.45, 2.75) is 40.5 Å². The summed E-state index contributed by atoms with van der Waals surface area (Å²) in [5, 5.41) is 0.961. The molecule has 7 nitrogen and oxygen atoms in total. The highest BCUT2D eigenvalue weighted by Gasteiger charge is 2.49. The lowest BCUT2D eigenvalue weighted by molar-refractivity contribution is -0.174. The Bertz CT molecular complexity index is 565. The van der Waals surface area contributed by atoms with Gasteiger partial charge in [-0.05, 0) is 17.9 Å². The Morgan fingerprint density at radius 3 is 2.22 bits per heavy atom. The molecule has 0 aromatic carbocycles. The summed E-state index contributed by atoms with van der Waals surface area (Å²) in [4.78, 5) is 52.8. The zero-order valence-electron chi connectivity index (χ0n) is 14.2. The quantitative estimate of drug-likeness (QED) is 0.529. The molecule has 0 radical (unpaired) electrons. The van der Waals surface area contributed by atoms with E-state index in [-0.39, 0.29) is 23.4 Å². The van der Waals surface area contributed by atoms with Crippen LogP contribution in [0.5, 0.6) is 0 Å². The van der Waals surface area contributed by atoms with Gasteiger partial charge >= 0.3 is 0 Å². The first-order chi connectivity index (χ1) is 10.7. The third-order valence-electron chi connectivity index (χ3n) is 3.97. The van der Waals surface area contributed by atoms with Gasteiger partial charge in [0.2, 0.25) is 5.91 Å². The summed E-state index contributed by atoms with van der Waals surface area (Å²) >= 11 is 0. The van der Waals surface area contributed by atoms with Gasteiger partial charge in [-0.25, -0.2) is 0 Å². The summed E-state index contributed by atoms with van der Waals surface area (Å²) in [5.41, 5.74) is 5.70. The Balaban J connectivity index is 3.29. The monoisotopic (exact) mass is 324 g/mol.